The predicted molar refractivity (Wildman–Crippen MR) is 70.6 cm³/mol. The highest BCUT2D eigenvalue weighted by Gasteiger charge is 2.26. The molecule has 1 aromatic rings. The predicted octanol–water partition coefficient (Wildman–Crippen LogP) is 1.52. The van der Waals surface area contributed by atoms with Gasteiger partial charge >= 0.3 is 0 Å². The monoisotopic (exact) mass is 258 g/mol. The van der Waals surface area contributed by atoms with E-state index in [9.17, 15) is 0 Å². The van der Waals surface area contributed by atoms with E-state index in [-0.39, 0.29) is 12.2 Å². The summed E-state index contributed by atoms with van der Waals surface area (Å²) < 4.78 is 11.3. The number of fused-ring (bicyclic) bond motifs is 1. The Morgan fingerprint density at radius 2 is 2.16 bits per heavy atom. The van der Waals surface area contributed by atoms with Gasteiger partial charge in [0.05, 0.1) is 25.4 Å². The first-order valence-corrected chi connectivity index (χ1v) is 6.80. The molecule has 1 fully saturated rings. The third kappa shape index (κ3) is 2.79. The van der Waals surface area contributed by atoms with E-state index >= 15 is 0 Å². The van der Waals surface area contributed by atoms with E-state index in [2.05, 4.69) is 35.2 Å². The van der Waals surface area contributed by atoms with E-state index in [1.807, 2.05) is 0 Å². The molecular formula is C15H18N2O2. The van der Waals surface area contributed by atoms with Crippen LogP contribution in [0.3, 0.4) is 0 Å². The van der Waals surface area contributed by atoms with Gasteiger partial charge < -0.3 is 9.47 Å². The Balaban J connectivity index is 1.69. The van der Waals surface area contributed by atoms with Crippen molar-refractivity contribution in [3.8, 4) is 6.07 Å². The molecule has 19 heavy (non-hydrogen) atoms. The van der Waals surface area contributed by atoms with Gasteiger partial charge in [-0.3, -0.25) is 4.90 Å². The molecule has 2 aliphatic heterocycles. The third-order valence-corrected chi connectivity index (χ3v) is 3.81. The van der Waals surface area contributed by atoms with E-state index in [0.29, 0.717) is 13.2 Å². The van der Waals surface area contributed by atoms with Crippen LogP contribution in [0.1, 0.15) is 17.2 Å². The molecule has 0 spiro atoms. The van der Waals surface area contributed by atoms with Crippen LogP contribution in [0.4, 0.5) is 0 Å². The number of hydrogen-bond acceptors (Lipinski definition) is 4. The summed E-state index contributed by atoms with van der Waals surface area (Å²) in [6, 6.07) is 10.7. The Labute approximate surface area is 113 Å². The van der Waals surface area contributed by atoms with Crippen LogP contribution in [0.15, 0.2) is 24.3 Å². The Bertz CT molecular complexity index is 483. The van der Waals surface area contributed by atoms with Crippen molar-refractivity contribution in [3.63, 3.8) is 0 Å². The SMILES string of the molecule is N#CC1CN(CC2OCCc3ccccc32)CCO1. The van der Waals surface area contributed by atoms with E-state index < -0.39 is 0 Å². The average Bonchev–Trinajstić information content (AvgIpc) is 2.48. The van der Waals surface area contributed by atoms with E-state index in [0.717, 1.165) is 26.1 Å². The standard InChI is InChI=1S/C15H18N2O2/c16-9-13-10-17(6-8-18-13)11-15-14-4-2-1-3-12(14)5-7-19-15/h1-4,13,15H,5-8,10-11H2. The van der Waals surface area contributed by atoms with Gasteiger partial charge in [0.2, 0.25) is 0 Å². The van der Waals surface area contributed by atoms with Crippen molar-refractivity contribution in [1.82, 2.24) is 4.90 Å². The summed E-state index contributed by atoms with van der Waals surface area (Å²) in [5, 5.41) is 8.94. The topological polar surface area (TPSA) is 45.5 Å². The maximum atomic E-state index is 8.94. The largest absolute Gasteiger partial charge is 0.372 e. The summed E-state index contributed by atoms with van der Waals surface area (Å²) in [6.07, 6.45) is 0.825. The molecule has 1 aromatic carbocycles. The number of nitriles is 1. The maximum absolute atomic E-state index is 8.94. The minimum Gasteiger partial charge on any atom is -0.372 e. The average molecular weight is 258 g/mol. The van der Waals surface area contributed by atoms with Gasteiger partial charge in [-0.25, -0.2) is 0 Å². The van der Waals surface area contributed by atoms with Gasteiger partial charge in [0.25, 0.3) is 0 Å². The van der Waals surface area contributed by atoms with Crippen LogP contribution in [-0.4, -0.2) is 43.9 Å². The number of morpholine rings is 1. The quantitative estimate of drug-likeness (QED) is 0.807. The first-order chi connectivity index (χ1) is 9.36. The molecule has 1 saturated heterocycles. The van der Waals surface area contributed by atoms with E-state index in [4.69, 9.17) is 14.7 Å². The number of nitrogens with zero attached hydrogens (tertiary/aromatic N) is 2. The van der Waals surface area contributed by atoms with Gasteiger partial charge in [0.15, 0.2) is 6.10 Å². The molecule has 0 N–H and O–H groups in total. The maximum Gasteiger partial charge on any atom is 0.156 e. The number of rotatable bonds is 2. The highest BCUT2D eigenvalue weighted by molar-refractivity contribution is 5.31. The van der Waals surface area contributed by atoms with E-state index in [1.54, 1.807) is 0 Å². The van der Waals surface area contributed by atoms with Crippen LogP contribution < -0.4 is 0 Å². The minimum atomic E-state index is -0.299. The fourth-order valence-electron chi connectivity index (χ4n) is 2.81. The lowest BCUT2D eigenvalue weighted by Crippen LogP contribution is -2.44. The van der Waals surface area contributed by atoms with Crippen molar-refractivity contribution in [2.75, 3.05) is 32.8 Å². The van der Waals surface area contributed by atoms with Crippen LogP contribution in [-0.2, 0) is 15.9 Å². The molecule has 3 rings (SSSR count). The van der Waals surface area contributed by atoms with Crippen LogP contribution in [0.25, 0.3) is 0 Å². The Morgan fingerprint density at radius 1 is 1.26 bits per heavy atom. The van der Waals surface area contributed by atoms with Gasteiger partial charge in [-0.1, -0.05) is 24.3 Å². The molecule has 0 amide bonds. The second-order valence-electron chi connectivity index (χ2n) is 5.06. The van der Waals surface area contributed by atoms with Crippen LogP contribution in [0.2, 0.25) is 0 Å². The first kappa shape index (κ1) is 12.6. The Hall–Kier alpha value is -1.41. The fraction of sp³-hybridized carbons (Fsp3) is 0.533. The molecule has 0 bridgehead atoms. The Morgan fingerprint density at radius 3 is 3.05 bits per heavy atom. The smallest absolute Gasteiger partial charge is 0.156 e. The van der Waals surface area contributed by atoms with Gasteiger partial charge in [-0.2, -0.15) is 5.26 Å². The Kier molecular flexibility index (Phi) is 3.79. The lowest BCUT2D eigenvalue weighted by molar-refractivity contribution is -0.0361. The normalized spacial score (nSPS) is 27.5. The molecule has 2 heterocycles. The highest BCUT2D eigenvalue weighted by atomic mass is 16.5. The zero-order chi connectivity index (χ0) is 13.1. The lowest BCUT2D eigenvalue weighted by Gasteiger charge is -2.34. The molecule has 0 radical (unpaired) electrons. The zero-order valence-electron chi connectivity index (χ0n) is 10.9. The van der Waals surface area contributed by atoms with Crippen LogP contribution in [0, 0.1) is 11.3 Å². The number of benzene rings is 1. The molecule has 0 aliphatic carbocycles. The summed E-state index contributed by atoms with van der Waals surface area (Å²) in [4.78, 5) is 2.27. The van der Waals surface area contributed by atoms with Gasteiger partial charge in [-0.05, 0) is 17.5 Å². The summed E-state index contributed by atoms with van der Waals surface area (Å²) in [6.45, 7) is 3.82. The highest BCUT2D eigenvalue weighted by Crippen LogP contribution is 2.28. The number of hydrogen-bond donors (Lipinski definition) is 0. The summed E-state index contributed by atoms with van der Waals surface area (Å²) in [7, 11) is 0. The van der Waals surface area contributed by atoms with Crippen molar-refractivity contribution in [3.05, 3.63) is 35.4 Å². The molecule has 2 unspecified atom stereocenters. The molecule has 4 nitrogen and oxygen atoms in total. The third-order valence-electron chi connectivity index (χ3n) is 3.81. The van der Waals surface area contributed by atoms with Crippen LogP contribution >= 0.6 is 0 Å². The van der Waals surface area contributed by atoms with Crippen molar-refractivity contribution < 1.29 is 9.47 Å². The number of ether oxygens (including phenoxy) is 2. The van der Waals surface area contributed by atoms with Gasteiger partial charge in [0.1, 0.15) is 0 Å². The lowest BCUT2D eigenvalue weighted by atomic mass is 9.97. The van der Waals surface area contributed by atoms with Crippen molar-refractivity contribution in [2.24, 2.45) is 0 Å². The first-order valence-electron chi connectivity index (χ1n) is 6.80. The summed E-state index contributed by atoms with van der Waals surface area (Å²) in [5.41, 5.74) is 2.69. The van der Waals surface area contributed by atoms with E-state index in [1.165, 1.54) is 11.1 Å². The van der Waals surface area contributed by atoms with Gasteiger partial charge in [-0.15, -0.1) is 0 Å². The van der Waals surface area contributed by atoms with Crippen molar-refractivity contribution in [1.29, 1.82) is 5.26 Å². The van der Waals surface area contributed by atoms with Crippen LogP contribution in [0.5, 0.6) is 0 Å². The molecule has 2 aliphatic rings. The van der Waals surface area contributed by atoms with Crippen molar-refractivity contribution in [2.45, 2.75) is 18.6 Å². The van der Waals surface area contributed by atoms with Gasteiger partial charge in [0, 0.05) is 19.6 Å². The summed E-state index contributed by atoms with van der Waals surface area (Å²) in [5.74, 6) is 0. The minimum absolute atomic E-state index is 0.127. The van der Waals surface area contributed by atoms with Crippen molar-refractivity contribution >= 4 is 0 Å². The second kappa shape index (κ2) is 5.70. The molecule has 2 atom stereocenters. The zero-order valence-corrected chi connectivity index (χ0v) is 10.9. The molecule has 4 heteroatoms. The summed E-state index contributed by atoms with van der Waals surface area (Å²) >= 11 is 0. The molecule has 0 aromatic heterocycles. The second-order valence-corrected chi connectivity index (χ2v) is 5.06. The fourth-order valence-corrected chi connectivity index (χ4v) is 2.81. The molecule has 0 saturated carbocycles. The molecular weight excluding hydrogens is 240 g/mol. The molecule has 100 valence electrons.